The summed E-state index contributed by atoms with van der Waals surface area (Å²) in [7, 11) is 0. The number of allylic oxidation sites excluding steroid dienone is 2. The number of carbonyl (C=O) groups excluding carboxylic acids is 3. The van der Waals surface area contributed by atoms with Crippen molar-refractivity contribution in [2.75, 3.05) is 16.8 Å². The predicted molar refractivity (Wildman–Crippen MR) is 131 cm³/mol. The zero-order valence-electron chi connectivity index (χ0n) is 20.1. The Bertz CT molecular complexity index is 1420. The third-order valence-corrected chi connectivity index (χ3v) is 6.94. The van der Waals surface area contributed by atoms with Crippen molar-refractivity contribution in [2.45, 2.75) is 37.9 Å². The first kappa shape index (κ1) is 25.1. The highest BCUT2D eigenvalue weighted by molar-refractivity contribution is 6.08. The van der Waals surface area contributed by atoms with Gasteiger partial charge in [-0.05, 0) is 43.0 Å². The van der Waals surface area contributed by atoms with Gasteiger partial charge in [0.15, 0.2) is 24.0 Å². The van der Waals surface area contributed by atoms with Crippen LogP contribution < -0.4 is 20.5 Å². The molecule has 5 rings (SSSR count). The molecular formula is C26H25FN5O6+. The van der Waals surface area contributed by atoms with E-state index in [9.17, 15) is 33.8 Å². The molecule has 38 heavy (non-hydrogen) atoms. The Morgan fingerprint density at radius 1 is 1.18 bits per heavy atom. The Hall–Kier alpha value is -4.58. The van der Waals surface area contributed by atoms with E-state index in [2.05, 4.69) is 5.32 Å². The highest BCUT2D eigenvalue weighted by atomic mass is 19.1. The number of carboxylic acids is 1. The number of nitrogens with two attached hydrogens (primary N) is 1. The van der Waals surface area contributed by atoms with Gasteiger partial charge in [-0.3, -0.25) is 19.3 Å². The molecule has 3 aliphatic heterocycles. The number of aliphatic carboxylic acids is 1. The second-order valence-corrected chi connectivity index (χ2v) is 9.34. The number of hydrogen-bond acceptors (Lipinski definition) is 6. The molecule has 0 unspecified atom stereocenters. The van der Waals surface area contributed by atoms with Crippen LogP contribution in [0.4, 0.5) is 15.8 Å². The first-order valence-electron chi connectivity index (χ1n) is 12.0. The number of aromatic hydroxyl groups is 1. The van der Waals surface area contributed by atoms with Gasteiger partial charge < -0.3 is 26.2 Å². The van der Waals surface area contributed by atoms with Crippen LogP contribution in [0.15, 0.2) is 65.6 Å². The molecule has 2 atom stereocenters. The lowest BCUT2D eigenvalue weighted by Crippen LogP contribution is -2.69. The van der Waals surface area contributed by atoms with Crippen molar-refractivity contribution in [1.29, 1.82) is 0 Å². The van der Waals surface area contributed by atoms with Crippen LogP contribution >= 0.6 is 0 Å². The van der Waals surface area contributed by atoms with E-state index in [4.69, 9.17) is 5.73 Å². The van der Waals surface area contributed by atoms with Crippen molar-refractivity contribution in [3.8, 4) is 5.75 Å². The van der Waals surface area contributed by atoms with Crippen molar-refractivity contribution < 1.29 is 38.3 Å². The van der Waals surface area contributed by atoms with Gasteiger partial charge in [-0.15, -0.1) is 0 Å². The number of phenolic OH excluding ortho intramolecular Hbond substituents is 1. The monoisotopic (exact) mass is 522 g/mol. The molecule has 0 aliphatic carbocycles. The summed E-state index contributed by atoms with van der Waals surface area (Å²) in [5.74, 6) is -3.68. The van der Waals surface area contributed by atoms with E-state index in [-0.39, 0.29) is 29.9 Å². The lowest BCUT2D eigenvalue weighted by molar-refractivity contribution is -0.684. The Labute approximate surface area is 216 Å². The summed E-state index contributed by atoms with van der Waals surface area (Å²) < 4.78 is 15.1. The summed E-state index contributed by atoms with van der Waals surface area (Å²) >= 11 is 0. The largest absolute Gasteiger partial charge is 0.505 e. The molecule has 3 amide bonds. The van der Waals surface area contributed by atoms with Crippen molar-refractivity contribution >= 4 is 35.1 Å². The number of β-lactam (4-membered cyclic amide) rings is 1. The topological polar surface area (TPSA) is 157 Å². The van der Waals surface area contributed by atoms with Crippen molar-refractivity contribution in [3.63, 3.8) is 0 Å². The molecule has 0 spiro atoms. The smallest absolute Gasteiger partial charge is 0.352 e. The van der Waals surface area contributed by atoms with Crippen LogP contribution in [-0.4, -0.2) is 57.4 Å². The van der Waals surface area contributed by atoms with Crippen LogP contribution in [0.3, 0.4) is 0 Å². The summed E-state index contributed by atoms with van der Waals surface area (Å²) in [4.78, 5) is 52.3. The van der Waals surface area contributed by atoms with Crippen molar-refractivity contribution in [3.05, 3.63) is 71.5 Å². The number of pyridine rings is 1. The lowest BCUT2D eigenvalue weighted by Gasteiger charge is -2.48. The quantitative estimate of drug-likeness (QED) is 0.189. The molecule has 0 bridgehead atoms. The molecule has 2 fully saturated rings. The van der Waals surface area contributed by atoms with Gasteiger partial charge in [-0.25, -0.2) is 9.18 Å². The van der Waals surface area contributed by atoms with Gasteiger partial charge in [0.25, 0.3) is 11.8 Å². The molecule has 2 aromatic rings. The van der Waals surface area contributed by atoms with E-state index in [0.29, 0.717) is 42.6 Å². The third-order valence-electron chi connectivity index (χ3n) is 6.94. The number of fused-ring (bicyclic) bond motifs is 1. The van der Waals surface area contributed by atoms with Crippen molar-refractivity contribution in [1.82, 2.24) is 4.90 Å². The maximum atomic E-state index is 13.5. The predicted octanol–water partition coefficient (Wildman–Crippen LogP) is 0.791. The summed E-state index contributed by atoms with van der Waals surface area (Å²) in [5, 5.41) is 21.5. The van der Waals surface area contributed by atoms with Gasteiger partial charge in [0.1, 0.15) is 11.7 Å². The van der Waals surface area contributed by atoms with Crippen molar-refractivity contribution in [2.24, 2.45) is 5.73 Å². The minimum atomic E-state index is -1.23. The van der Waals surface area contributed by atoms with E-state index in [1.54, 1.807) is 40.1 Å². The number of carboxylic acid groups (broad SMARTS) is 1. The normalized spacial score (nSPS) is 22.0. The zero-order valence-corrected chi connectivity index (χ0v) is 20.1. The van der Waals surface area contributed by atoms with Crippen LogP contribution in [-0.2, 0) is 25.7 Å². The third kappa shape index (κ3) is 4.50. The lowest BCUT2D eigenvalue weighted by atomic mass is 9.83. The van der Waals surface area contributed by atoms with Gasteiger partial charge in [-0.2, -0.15) is 4.57 Å². The Morgan fingerprint density at radius 3 is 2.61 bits per heavy atom. The van der Waals surface area contributed by atoms with Crippen LogP contribution in [0.1, 0.15) is 19.3 Å². The number of carbonyl (C=O) groups is 4. The second-order valence-electron chi connectivity index (χ2n) is 9.34. The summed E-state index contributed by atoms with van der Waals surface area (Å²) in [6.07, 6.45) is 6.20. The Morgan fingerprint density at radius 2 is 1.92 bits per heavy atom. The van der Waals surface area contributed by atoms with Crippen LogP contribution in [0, 0.1) is 5.82 Å². The number of amides is 3. The van der Waals surface area contributed by atoms with E-state index in [1.807, 2.05) is 0 Å². The molecule has 0 radical (unpaired) electrons. The molecule has 5 N–H and O–H groups in total. The number of anilines is 2. The van der Waals surface area contributed by atoms with Gasteiger partial charge in [0, 0.05) is 36.0 Å². The molecule has 196 valence electrons. The zero-order chi connectivity index (χ0) is 27.1. The standard InChI is InChI=1S/C26H24FN5O6/c27-18-12-16(2-4-20(18)33)29-21(34)13-30-8-6-17(7-9-30)31-10-5-15(24(31)35)11-14-1-3-19-22(28)25(36)32(19)23(14)26(37)38/h2,4,6-9,11-12,19,22H,1,3,5,10,13,28H2,(H2-,29,33,34,37,38)/p+1/b15-11+/t19-,22+/m1/s1. The number of phenols is 1. The Balaban J connectivity index is 1.26. The summed E-state index contributed by atoms with van der Waals surface area (Å²) in [6.45, 7) is 0.335. The maximum absolute atomic E-state index is 13.5. The highest BCUT2D eigenvalue weighted by Crippen LogP contribution is 2.37. The highest BCUT2D eigenvalue weighted by Gasteiger charge is 2.50. The molecule has 0 saturated carbocycles. The Kier molecular flexibility index (Phi) is 6.41. The number of hydrogen-bond donors (Lipinski definition) is 4. The minimum absolute atomic E-state index is 0.0616. The van der Waals surface area contributed by atoms with E-state index in [1.165, 1.54) is 11.0 Å². The molecular weight excluding hydrogens is 497 g/mol. The number of benzene rings is 1. The molecule has 12 heteroatoms. The average molecular weight is 523 g/mol. The number of aromatic nitrogens is 1. The molecule has 11 nitrogen and oxygen atoms in total. The number of nitrogens with zero attached hydrogens (tertiary/aromatic N) is 3. The number of rotatable bonds is 6. The van der Waals surface area contributed by atoms with Crippen LogP contribution in [0.25, 0.3) is 0 Å². The van der Waals surface area contributed by atoms with Gasteiger partial charge in [0.05, 0.1) is 11.7 Å². The van der Waals surface area contributed by atoms with E-state index < -0.39 is 35.4 Å². The molecule has 4 heterocycles. The molecule has 3 aliphatic rings. The molecule has 2 saturated heterocycles. The van der Waals surface area contributed by atoms with Gasteiger partial charge >= 0.3 is 5.97 Å². The van der Waals surface area contributed by atoms with Crippen LogP contribution in [0.2, 0.25) is 0 Å². The molecule has 1 aromatic carbocycles. The van der Waals surface area contributed by atoms with E-state index >= 15 is 0 Å². The fourth-order valence-electron chi connectivity index (χ4n) is 5.00. The maximum Gasteiger partial charge on any atom is 0.352 e. The molecule has 1 aromatic heterocycles. The first-order chi connectivity index (χ1) is 18.1. The minimum Gasteiger partial charge on any atom is -0.505 e. The fraction of sp³-hybridized carbons (Fsp3) is 0.269. The summed E-state index contributed by atoms with van der Waals surface area (Å²) in [5.41, 5.74) is 7.40. The summed E-state index contributed by atoms with van der Waals surface area (Å²) in [6, 6.07) is 5.89. The average Bonchev–Trinajstić information content (AvgIpc) is 3.25. The van der Waals surface area contributed by atoms with Gasteiger partial charge in [-0.1, -0.05) is 0 Å². The number of nitrogens with one attached hydrogen (secondary N) is 1. The SMILES string of the molecule is N[C@@H]1C(=O)N2C(C(=O)O)=C(/C=C3\CCN(c4cc[n+](CC(=O)Nc5ccc(O)c(F)c5)cc4)C3=O)CC[C@H]12. The first-order valence-corrected chi connectivity index (χ1v) is 12.0. The fourth-order valence-corrected chi connectivity index (χ4v) is 5.00. The van der Waals surface area contributed by atoms with Gasteiger partial charge in [0.2, 0.25) is 12.5 Å². The second kappa shape index (κ2) is 9.71. The van der Waals surface area contributed by atoms with Crippen LogP contribution in [0.5, 0.6) is 5.75 Å². The van der Waals surface area contributed by atoms with E-state index in [0.717, 1.165) is 12.1 Å². The number of halogens is 1.